The second-order valence-corrected chi connectivity index (χ2v) is 5.79. The van der Waals surface area contributed by atoms with Gasteiger partial charge >= 0.3 is 0 Å². The van der Waals surface area contributed by atoms with Gasteiger partial charge in [-0.05, 0) is 35.4 Å². The average Bonchev–Trinajstić information content (AvgIpc) is 2.64. The third kappa shape index (κ3) is 2.95. The molecule has 1 heterocycles. The van der Waals surface area contributed by atoms with Gasteiger partial charge in [0.2, 0.25) is 5.91 Å². The predicted octanol–water partition coefficient (Wildman–Crippen LogP) is 2.39. The number of likely N-dealkylation sites (tertiary alicyclic amines) is 1. The number of rotatable bonds is 6. The van der Waals surface area contributed by atoms with Crippen molar-refractivity contribution in [1.82, 2.24) is 4.90 Å². The zero-order valence-electron chi connectivity index (χ0n) is 13.8. The smallest absolute Gasteiger partial charge is 0.225 e. The molecule has 0 radical (unpaired) electrons. The normalized spacial score (nSPS) is 16.9. The van der Waals surface area contributed by atoms with Crippen molar-refractivity contribution >= 4 is 5.91 Å². The first-order valence-electron chi connectivity index (χ1n) is 7.88. The van der Waals surface area contributed by atoms with E-state index in [-0.39, 0.29) is 24.6 Å². The number of hydrogen-bond acceptors (Lipinski definition) is 4. The molecule has 126 valence electrons. The monoisotopic (exact) mass is 327 g/mol. The number of aliphatic hydroxyl groups excluding tert-OH is 1. The molecular weight excluding hydrogens is 306 g/mol. The first-order valence-corrected chi connectivity index (χ1v) is 7.88. The van der Waals surface area contributed by atoms with Crippen molar-refractivity contribution in [1.29, 1.82) is 0 Å². The quantitative estimate of drug-likeness (QED) is 0.828. The van der Waals surface area contributed by atoms with Crippen LogP contribution >= 0.6 is 0 Å². The minimum absolute atomic E-state index is 0.0332. The Hall–Kier alpha value is -2.53. The molecule has 0 bridgehead atoms. The van der Waals surface area contributed by atoms with Crippen LogP contribution < -0.4 is 9.47 Å². The van der Waals surface area contributed by atoms with Gasteiger partial charge in [-0.2, -0.15) is 0 Å². The molecule has 1 amide bonds. The van der Waals surface area contributed by atoms with Crippen LogP contribution in [0.4, 0.5) is 0 Å². The molecule has 0 saturated carbocycles. The van der Waals surface area contributed by atoms with E-state index in [0.29, 0.717) is 6.42 Å². The molecule has 0 spiro atoms. The molecule has 0 aromatic heterocycles. The summed E-state index contributed by atoms with van der Waals surface area (Å²) in [5.74, 6) is 1.58. The summed E-state index contributed by atoms with van der Waals surface area (Å²) in [5.41, 5.74) is 1.96. The highest BCUT2D eigenvalue weighted by Crippen LogP contribution is 2.37. The molecule has 1 N–H and O–H groups in total. The van der Waals surface area contributed by atoms with Gasteiger partial charge in [0.25, 0.3) is 0 Å². The number of amides is 1. The Kier molecular flexibility index (Phi) is 4.71. The fraction of sp³-hybridized carbons (Fsp3) is 0.316. The van der Waals surface area contributed by atoms with Crippen molar-refractivity contribution in [2.45, 2.75) is 18.5 Å². The zero-order chi connectivity index (χ0) is 17.1. The first-order chi connectivity index (χ1) is 11.7. The van der Waals surface area contributed by atoms with Gasteiger partial charge in [0.05, 0.1) is 32.9 Å². The van der Waals surface area contributed by atoms with Gasteiger partial charge in [-0.25, -0.2) is 0 Å². The summed E-state index contributed by atoms with van der Waals surface area (Å²) in [5, 5.41) is 9.55. The van der Waals surface area contributed by atoms with Gasteiger partial charge in [0.15, 0.2) is 0 Å². The van der Waals surface area contributed by atoms with Crippen LogP contribution in [0.1, 0.15) is 23.6 Å². The molecule has 5 heteroatoms. The molecule has 2 aromatic rings. The fourth-order valence-corrected chi connectivity index (χ4v) is 3.09. The highest BCUT2D eigenvalue weighted by Gasteiger charge is 2.41. The molecule has 2 aromatic carbocycles. The van der Waals surface area contributed by atoms with Crippen LogP contribution in [0.3, 0.4) is 0 Å². The maximum atomic E-state index is 12.2. The van der Waals surface area contributed by atoms with E-state index in [9.17, 15) is 9.90 Å². The van der Waals surface area contributed by atoms with Crippen LogP contribution in [-0.4, -0.2) is 42.8 Å². The van der Waals surface area contributed by atoms with Gasteiger partial charge < -0.3 is 19.5 Å². The lowest BCUT2D eigenvalue weighted by molar-refractivity contribution is -0.151. The molecule has 1 atom stereocenters. The van der Waals surface area contributed by atoms with E-state index in [1.807, 2.05) is 48.5 Å². The summed E-state index contributed by atoms with van der Waals surface area (Å²) >= 11 is 0. The van der Waals surface area contributed by atoms with Crippen LogP contribution in [0, 0.1) is 0 Å². The Labute approximate surface area is 141 Å². The fourth-order valence-electron chi connectivity index (χ4n) is 3.09. The van der Waals surface area contributed by atoms with E-state index in [2.05, 4.69) is 0 Å². The molecule has 0 aliphatic carbocycles. The van der Waals surface area contributed by atoms with Crippen molar-refractivity contribution in [2.24, 2.45) is 0 Å². The molecule has 1 aliphatic rings. The number of nitrogens with zero attached hydrogens (tertiary/aromatic N) is 1. The van der Waals surface area contributed by atoms with Crippen molar-refractivity contribution in [3.8, 4) is 11.5 Å². The summed E-state index contributed by atoms with van der Waals surface area (Å²) < 4.78 is 10.4. The highest BCUT2D eigenvalue weighted by atomic mass is 16.5. The van der Waals surface area contributed by atoms with E-state index in [1.54, 1.807) is 19.1 Å². The largest absolute Gasteiger partial charge is 0.497 e. The van der Waals surface area contributed by atoms with E-state index in [0.717, 1.165) is 22.6 Å². The van der Waals surface area contributed by atoms with Crippen molar-refractivity contribution in [2.75, 3.05) is 20.8 Å². The summed E-state index contributed by atoms with van der Waals surface area (Å²) in [4.78, 5) is 14.0. The lowest BCUT2D eigenvalue weighted by Crippen LogP contribution is -2.56. The Balaban J connectivity index is 2.00. The van der Waals surface area contributed by atoms with Gasteiger partial charge in [-0.1, -0.05) is 24.3 Å². The summed E-state index contributed by atoms with van der Waals surface area (Å²) in [6.45, 7) is -0.0332. The maximum absolute atomic E-state index is 12.2. The van der Waals surface area contributed by atoms with E-state index in [4.69, 9.17) is 9.47 Å². The van der Waals surface area contributed by atoms with Crippen LogP contribution in [0.5, 0.6) is 11.5 Å². The molecule has 1 saturated heterocycles. The number of methoxy groups -OCH3 is 2. The Morgan fingerprint density at radius 2 is 1.46 bits per heavy atom. The molecule has 24 heavy (non-hydrogen) atoms. The maximum Gasteiger partial charge on any atom is 0.225 e. The molecule has 1 aliphatic heterocycles. The Morgan fingerprint density at radius 1 is 1.00 bits per heavy atom. The second kappa shape index (κ2) is 6.93. The van der Waals surface area contributed by atoms with Crippen molar-refractivity contribution in [3.05, 3.63) is 59.7 Å². The van der Waals surface area contributed by atoms with Crippen LogP contribution in [0.2, 0.25) is 0 Å². The number of ether oxygens (including phenoxy) is 2. The predicted molar refractivity (Wildman–Crippen MR) is 90.2 cm³/mol. The molecule has 5 nitrogen and oxygen atoms in total. The third-order valence-electron chi connectivity index (χ3n) is 4.44. The Bertz CT molecular complexity index is 649. The molecular formula is C19H21NO4. The molecule has 1 fully saturated rings. The Morgan fingerprint density at radius 3 is 1.79 bits per heavy atom. The zero-order valence-corrected chi connectivity index (χ0v) is 13.8. The average molecular weight is 327 g/mol. The van der Waals surface area contributed by atoms with Gasteiger partial charge in [-0.15, -0.1) is 0 Å². The third-order valence-corrected chi connectivity index (χ3v) is 4.44. The lowest BCUT2D eigenvalue weighted by atomic mass is 9.90. The van der Waals surface area contributed by atoms with E-state index >= 15 is 0 Å². The molecule has 3 rings (SSSR count). The summed E-state index contributed by atoms with van der Waals surface area (Å²) in [6, 6.07) is 14.9. The standard InChI is InChI=1S/C19H21NO4/c1-23-16-7-3-13(4-8-16)19(20-15(12-21)11-18(20)22)14-5-9-17(24-2)10-6-14/h3-10,15,19,21H,11-12H2,1-2H3. The van der Waals surface area contributed by atoms with Gasteiger partial charge in [0, 0.05) is 6.42 Å². The minimum atomic E-state index is -0.236. The van der Waals surface area contributed by atoms with Crippen LogP contribution in [-0.2, 0) is 4.79 Å². The number of carbonyl (C=O) groups is 1. The molecule has 1 unspecified atom stereocenters. The SMILES string of the molecule is COc1ccc(C(c2ccc(OC)cc2)N2C(=O)CC2CO)cc1. The van der Waals surface area contributed by atoms with Crippen molar-refractivity contribution in [3.63, 3.8) is 0 Å². The van der Waals surface area contributed by atoms with Crippen LogP contribution in [0.25, 0.3) is 0 Å². The van der Waals surface area contributed by atoms with Crippen molar-refractivity contribution < 1.29 is 19.4 Å². The number of benzene rings is 2. The number of aliphatic hydroxyl groups is 1. The van der Waals surface area contributed by atoms with E-state index in [1.165, 1.54) is 0 Å². The van der Waals surface area contributed by atoms with E-state index < -0.39 is 0 Å². The topological polar surface area (TPSA) is 59.0 Å². The highest BCUT2D eigenvalue weighted by molar-refractivity contribution is 5.84. The first kappa shape index (κ1) is 16.3. The number of hydrogen-bond donors (Lipinski definition) is 1. The van der Waals surface area contributed by atoms with Gasteiger partial charge in [0.1, 0.15) is 11.5 Å². The summed E-state index contributed by atoms with van der Waals surface area (Å²) in [7, 11) is 3.24. The second-order valence-electron chi connectivity index (χ2n) is 5.79. The lowest BCUT2D eigenvalue weighted by Gasteiger charge is -2.45. The summed E-state index contributed by atoms with van der Waals surface area (Å²) in [6.07, 6.45) is 0.388. The minimum Gasteiger partial charge on any atom is -0.497 e. The number of carbonyl (C=O) groups excluding carboxylic acids is 1. The number of β-lactam (4-membered cyclic amide) rings is 1. The van der Waals surface area contributed by atoms with Crippen LogP contribution in [0.15, 0.2) is 48.5 Å². The van der Waals surface area contributed by atoms with Gasteiger partial charge in [-0.3, -0.25) is 4.79 Å².